The molecule has 3 aromatic heterocycles. The molecule has 0 amide bonds. The van der Waals surface area contributed by atoms with E-state index in [0.717, 1.165) is 38.4 Å². The largest absolute Gasteiger partial charge is 0.491 e. The Kier molecular flexibility index (Phi) is 5.00. The average molecular weight is 389 g/mol. The average Bonchev–Trinajstić information content (AvgIpc) is 2.84. The second-order valence-corrected chi connectivity index (χ2v) is 6.68. The van der Waals surface area contributed by atoms with Crippen LogP contribution < -0.4 is 20.6 Å². The number of anilines is 1. The first-order valence-corrected chi connectivity index (χ1v) is 9.42. The summed E-state index contributed by atoms with van der Waals surface area (Å²) in [6, 6.07) is 5.39. The van der Waals surface area contributed by atoms with Crippen molar-refractivity contribution >= 4 is 28.6 Å². The van der Waals surface area contributed by atoms with Crippen molar-refractivity contribution in [1.82, 2.24) is 24.8 Å². The van der Waals surface area contributed by atoms with E-state index in [1.54, 1.807) is 18.3 Å². The molecule has 0 saturated carbocycles. The zero-order valence-electron chi connectivity index (χ0n) is 15.0. The van der Waals surface area contributed by atoms with Gasteiger partial charge in [-0.1, -0.05) is 11.6 Å². The molecular formula is C18H21ClN6O2. The lowest BCUT2D eigenvalue weighted by atomic mass is 10.3. The van der Waals surface area contributed by atoms with Crippen molar-refractivity contribution in [3.63, 3.8) is 0 Å². The summed E-state index contributed by atoms with van der Waals surface area (Å²) in [5.74, 6) is 1.72. The summed E-state index contributed by atoms with van der Waals surface area (Å²) < 4.78 is 7.13. The van der Waals surface area contributed by atoms with Gasteiger partial charge in [0, 0.05) is 31.9 Å². The minimum absolute atomic E-state index is 0.353. The van der Waals surface area contributed by atoms with Crippen molar-refractivity contribution in [2.75, 3.05) is 37.7 Å². The smallest absolute Gasteiger partial charge is 0.333 e. The molecule has 1 aliphatic rings. The van der Waals surface area contributed by atoms with Crippen LogP contribution in [0.4, 0.5) is 5.82 Å². The Morgan fingerprint density at radius 3 is 3.00 bits per heavy atom. The molecular weight excluding hydrogens is 368 g/mol. The fraction of sp³-hybridized carbons (Fsp3) is 0.389. The van der Waals surface area contributed by atoms with Gasteiger partial charge in [0.25, 0.3) is 0 Å². The van der Waals surface area contributed by atoms with E-state index in [9.17, 15) is 4.79 Å². The van der Waals surface area contributed by atoms with Crippen LogP contribution in [0.1, 0.15) is 13.3 Å². The van der Waals surface area contributed by atoms with Gasteiger partial charge < -0.3 is 15.0 Å². The lowest BCUT2D eigenvalue weighted by molar-refractivity contribution is 0.343. The first kappa shape index (κ1) is 17.8. The number of fused-ring (bicyclic) bond motifs is 1. The Morgan fingerprint density at radius 2 is 2.15 bits per heavy atom. The number of hydrogen-bond acceptors (Lipinski definition) is 6. The number of rotatable bonds is 4. The molecule has 1 saturated heterocycles. The summed E-state index contributed by atoms with van der Waals surface area (Å²) in [6.45, 7) is 5.99. The fourth-order valence-electron chi connectivity index (χ4n) is 3.31. The Morgan fingerprint density at radius 1 is 1.26 bits per heavy atom. The highest BCUT2D eigenvalue weighted by molar-refractivity contribution is 6.32. The Labute approximate surface area is 161 Å². The standard InChI is InChI=1S/C18H21ClN6O2/c1-2-27-13-6-8-21-16-15(13)25(18(26)23-16)17-12(19)4-5-14(22-17)24-10-3-7-20-9-11-24/h4-6,8,20H,2-3,7,9-11H2,1H3,(H,21,23,26). The highest BCUT2D eigenvalue weighted by atomic mass is 35.5. The third kappa shape index (κ3) is 3.38. The lowest BCUT2D eigenvalue weighted by Crippen LogP contribution is -2.29. The minimum atomic E-state index is -0.353. The summed E-state index contributed by atoms with van der Waals surface area (Å²) in [4.78, 5) is 26.6. The third-order valence-corrected chi connectivity index (χ3v) is 4.82. The van der Waals surface area contributed by atoms with Gasteiger partial charge in [-0.2, -0.15) is 0 Å². The van der Waals surface area contributed by atoms with Crippen LogP contribution in [-0.4, -0.2) is 52.3 Å². The number of halogens is 1. The molecule has 142 valence electrons. The number of aromatic amines is 1. The molecule has 0 spiro atoms. The van der Waals surface area contributed by atoms with E-state index >= 15 is 0 Å². The number of aromatic nitrogens is 4. The summed E-state index contributed by atoms with van der Waals surface area (Å²) in [6.07, 6.45) is 2.63. The van der Waals surface area contributed by atoms with Crippen LogP contribution in [-0.2, 0) is 0 Å². The van der Waals surface area contributed by atoms with Crippen molar-refractivity contribution < 1.29 is 4.74 Å². The van der Waals surface area contributed by atoms with Gasteiger partial charge in [0.15, 0.2) is 11.5 Å². The number of ether oxygens (including phenoxy) is 1. The molecule has 27 heavy (non-hydrogen) atoms. The molecule has 4 heterocycles. The molecule has 1 aliphatic heterocycles. The van der Waals surface area contributed by atoms with Crippen molar-refractivity contribution in [2.24, 2.45) is 0 Å². The van der Waals surface area contributed by atoms with Gasteiger partial charge >= 0.3 is 5.69 Å². The lowest BCUT2D eigenvalue weighted by Gasteiger charge is -2.22. The maximum absolute atomic E-state index is 12.7. The van der Waals surface area contributed by atoms with Gasteiger partial charge in [0.2, 0.25) is 0 Å². The van der Waals surface area contributed by atoms with Crippen molar-refractivity contribution in [1.29, 1.82) is 0 Å². The highest BCUT2D eigenvalue weighted by Gasteiger charge is 2.20. The SMILES string of the molecule is CCOc1ccnc2[nH]c(=O)n(-c3nc(N4CCCNCC4)ccc3Cl)c12. The summed E-state index contributed by atoms with van der Waals surface area (Å²) >= 11 is 6.43. The Hall–Kier alpha value is -2.58. The normalized spacial score (nSPS) is 15.1. The summed E-state index contributed by atoms with van der Waals surface area (Å²) in [5.41, 5.74) is 0.621. The molecule has 0 atom stereocenters. The number of H-pyrrole nitrogens is 1. The number of imidazole rings is 1. The number of pyridine rings is 2. The minimum Gasteiger partial charge on any atom is -0.491 e. The summed E-state index contributed by atoms with van der Waals surface area (Å²) in [5, 5.41) is 3.76. The van der Waals surface area contributed by atoms with Gasteiger partial charge in [0.05, 0.1) is 11.6 Å². The first-order chi connectivity index (χ1) is 13.2. The van der Waals surface area contributed by atoms with Crippen LogP contribution in [0, 0.1) is 0 Å². The van der Waals surface area contributed by atoms with E-state index in [1.807, 2.05) is 13.0 Å². The van der Waals surface area contributed by atoms with Crippen LogP contribution in [0.15, 0.2) is 29.2 Å². The van der Waals surface area contributed by atoms with Gasteiger partial charge in [-0.15, -0.1) is 0 Å². The molecule has 4 rings (SSSR count). The van der Waals surface area contributed by atoms with Crippen molar-refractivity contribution in [3.05, 3.63) is 39.9 Å². The molecule has 1 fully saturated rings. The van der Waals surface area contributed by atoms with Crippen LogP contribution in [0.2, 0.25) is 5.02 Å². The molecule has 0 unspecified atom stereocenters. The molecule has 0 radical (unpaired) electrons. The second-order valence-electron chi connectivity index (χ2n) is 6.27. The van der Waals surface area contributed by atoms with E-state index in [0.29, 0.717) is 34.4 Å². The fourth-order valence-corrected chi connectivity index (χ4v) is 3.50. The zero-order chi connectivity index (χ0) is 18.8. The topological polar surface area (TPSA) is 88.1 Å². The van der Waals surface area contributed by atoms with E-state index in [1.165, 1.54) is 4.57 Å². The molecule has 2 N–H and O–H groups in total. The second kappa shape index (κ2) is 7.58. The van der Waals surface area contributed by atoms with Crippen LogP contribution in [0.5, 0.6) is 5.75 Å². The monoisotopic (exact) mass is 388 g/mol. The van der Waals surface area contributed by atoms with Crippen molar-refractivity contribution in [2.45, 2.75) is 13.3 Å². The van der Waals surface area contributed by atoms with Crippen LogP contribution >= 0.6 is 11.6 Å². The van der Waals surface area contributed by atoms with E-state index in [-0.39, 0.29) is 5.69 Å². The molecule has 0 aliphatic carbocycles. The molecule has 3 aromatic rings. The zero-order valence-corrected chi connectivity index (χ0v) is 15.8. The third-order valence-electron chi connectivity index (χ3n) is 4.53. The quantitative estimate of drug-likeness (QED) is 0.710. The van der Waals surface area contributed by atoms with Crippen LogP contribution in [0.3, 0.4) is 0 Å². The summed E-state index contributed by atoms with van der Waals surface area (Å²) in [7, 11) is 0. The van der Waals surface area contributed by atoms with Gasteiger partial charge in [-0.3, -0.25) is 4.98 Å². The van der Waals surface area contributed by atoms with Gasteiger partial charge in [-0.25, -0.2) is 19.3 Å². The highest BCUT2D eigenvalue weighted by Crippen LogP contribution is 2.28. The number of nitrogens with zero attached hydrogens (tertiary/aromatic N) is 4. The Balaban J connectivity index is 1.87. The van der Waals surface area contributed by atoms with Crippen molar-refractivity contribution in [3.8, 4) is 11.6 Å². The van der Waals surface area contributed by atoms with Gasteiger partial charge in [0.1, 0.15) is 17.1 Å². The van der Waals surface area contributed by atoms with Gasteiger partial charge in [-0.05, 0) is 32.0 Å². The van der Waals surface area contributed by atoms with E-state index in [2.05, 4.69) is 20.2 Å². The Bertz CT molecular complexity index is 1010. The maximum atomic E-state index is 12.7. The number of nitrogens with one attached hydrogen (secondary N) is 2. The molecule has 0 bridgehead atoms. The first-order valence-electron chi connectivity index (χ1n) is 9.04. The predicted molar refractivity (Wildman–Crippen MR) is 105 cm³/mol. The molecule has 9 heteroatoms. The predicted octanol–water partition coefficient (Wildman–Crippen LogP) is 1.96. The van der Waals surface area contributed by atoms with Crippen LogP contribution in [0.25, 0.3) is 17.0 Å². The number of hydrogen-bond donors (Lipinski definition) is 2. The van der Waals surface area contributed by atoms with E-state index < -0.39 is 0 Å². The maximum Gasteiger partial charge on any atom is 0.333 e. The molecule has 8 nitrogen and oxygen atoms in total. The molecule has 0 aromatic carbocycles. The van der Waals surface area contributed by atoms with E-state index in [4.69, 9.17) is 21.3 Å².